The number of amides is 1. The minimum atomic E-state index is -0.734. The van der Waals surface area contributed by atoms with E-state index in [0.29, 0.717) is 37.1 Å². The van der Waals surface area contributed by atoms with Gasteiger partial charge in [0.1, 0.15) is 11.0 Å². The molecular formula is C18H25N5O3. The highest BCUT2D eigenvalue weighted by molar-refractivity contribution is 5.97. The average molecular weight is 359 g/mol. The molecule has 1 unspecified atom stereocenters. The Bertz CT molecular complexity index is 773. The van der Waals surface area contributed by atoms with E-state index < -0.39 is 5.60 Å². The SMILES string of the molecule is O=C(c1ccc2n[nH]nc2c1)N1CCCC(O)(CN2CCOCC2)CC1. The van der Waals surface area contributed by atoms with Gasteiger partial charge in [0.25, 0.3) is 5.91 Å². The van der Waals surface area contributed by atoms with E-state index in [1.54, 1.807) is 18.2 Å². The van der Waals surface area contributed by atoms with Crippen LogP contribution in [0.4, 0.5) is 0 Å². The molecule has 0 spiro atoms. The van der Waals surface area contributed by atoms with E-state index in [0.717, 1.165) is 44.7 Å². The van der Waals surface area contributed by atoms with Crippen molar-refractivity contribution in [2.45, 2.75) is 24.9 Å². The number of nitrogens with zero attached hydrogens (tertiary/aromatic N) is 4. The Morgan fingerprint density at radius 2 is 1.96 bits per heavy atom. The Kier molecular flexibility index (Phi) is 4.88. The number of aromatic amines is 1. The largest absolute Gasteiger partial charge is 0.388 e. The van der Waals surface area contributed by atoms with Gasteiger partial charge in [-0.15, -0.1) is 0 Å². The summed E-state index contributed by atoms with van der Waals surface area (Å²) in [4.78, 5) is 17.0. The quantitative estimate of drug-likeness (QED) is 0.836. The van der Waals surface area contributed by atoms with Crippen LogP contribution < -0.4 is 0 Å². The highest BCUT2D eigenvalue weighted by Crippen LogP contribution is 2.25. The average Bonchev–Trinajstić information content (AvgIpc) is 3.04. The number of nitrogens with one attached hydrogen (secondary N) is 1. The second kappa shape index (κ2) is 7.30. The maximum Gasteiger partial charge on any atom is 0.253 e. The Morgan fingerprint density at radius 1 is 1.15 bits per heavy atom. The number of hydrogen-bond donors (Lipinski definition) is 2. The van der Waals surface area contributed by atoms with Crippen molar-refractivity contribution in [3.63, 3.8) is 0 Å². The van der Waals surface area contributed by atoms with Gasteiger partial charge >= 0.3 is 0 Å². The van der Waals surface area contributed by atoms with Crippen LogP contribution in [0.15, 0.2) is 18.2 Å². The van der Waals surface area contributed by atoms with Gasteiger partial charge in [-0.05, 0) is 37.5 Å². The summed E-state index contributed by atoms with van der Waals surface area (Å²) in [5.74, 6) is -0.00878. The van der Waals surface area contributed by atoms with Crippen LogP contribution in [-0.4, -0.2) is 87.8 Å². The fraction of sp³-hybridized carbons (Fsp3) is 0.611. The van der Waals surface area contributed by atoms with E-state index in [-0.39, 0.29) is 5.91 Å². The van der Waals surface area contributed by atoms with Gasteiger partial charge in [-0.1, -0.05) is 0 Å². The minimum Gasteiger partial charge on any atom is -0.388 e. The van der Waals surface area contributed by atoms with Gasteiger partial charge in [0.15, 0.2) is 0 Å². The maximum atomic E-state index is 12.9. The second-order valence-corrected chi connectivity index (χ2v) is 7.29. The summed E-state index contributed by atoms with van der Waals surface area (Å²) < 4.78 is 5.38. The Balaban J connectivity index is 1.41. The van der Waals surface area contributed by atoms with Crippen LogP contribution in [0.5, 0.6) is 0 Å². The van der Waals surface area contributed by atoms with Crippen LogP contribution >= 0.6 is 0 Å². The van der Waals surface area contributed by atoms with E-state index in [9.17, 15) is 9.90 Å². The molecule has 1 atom stereocenters. The molecule has 2 aliphatic rings. The molecule has 140 valence electrons. The van der Waals surface area contributed by atoms with Gasteiger partial charge < -0.3 is 14.7 Å². The molecule has 2 saturated heterocycles. The molecule has 2 N–H and O–H groups in total. The summed E-state index contributed by atoms with van der Waals surface area (Å²) in [6.07, 6.45) is 2.12. The maximum absolute atomic E-state index is 12.9. The fourth-order valence-electron chi connectivity index (χ4n) is 3.87. The summed E-state index contributed by atoms with van der Waals surface area (Å²) in [6.45, 7) is 5.07. The van der Waals surface area contributed by atoms with Crippen molar-refractivity contribution in [2.24, 2.45) is 0 Å². The topological polar surface area (TPSA) is 94.6 Å². The number of H-pyrrole nitrogens is 1. The van der Waals surface area contributed by atoms with Crippen LogP contribution in [-0.2, 0) is 4.74 Å². The molecule has 8 heteroatoms. The van der Waals surface area contributed by atoms with Gasteiger partial charge in [-0.2, -0.15) is 15.4 Å². The molecule has 2 aliphatic heterocycles. The number of fused-ring (bicyclic) bond motifs is 1. The molecule has 0 bridgehead atoms. The molecule has 2 fully saturated rings. The first-order chi connectivity index (χ1) is 12.6. The first-order valence-corrected chi connectivity index (χ1v) is 9.25. The first-order valence-electron chi connectivity index (χ1n) is 9.25. The van der Waals surface area contributed by atoms with Crippen LogP contribution in [0.25, 0.3) is 11.0 Å². The number of morpholine rings is 1. The molecule has 3 heterocycles. The molecule has 8 nitrogen and oxygen atoms in total. The summed E-state index contributed by atoms with van der Waals surface area (Å²) in [5, 5.41) is 21.7. The van der Waals surface area contributed by atoms with Crippen molar-refractivity contribution >= 4 is 16.9 Å². The van der Waals surface area contributed by atoms with E-state index in [1.807, 2.05) is 4.90 Å². The number of carbonyl (C=O) groups excluding carboxylic acids is 1. The zero-order chi connectivity index (χ0) is 18.0. The summed E-state index contributed by atoms with van der Waals surface area (Å²) in [7, 11) is 0. The molecule has 26 heavy (non-hydrogen) atoms. The van der Waals surface area contributed by atoms with Crippen LogP contribution in [0.3, 0.4) is 0 Å². The van der Waals surface area contributed by atoms with Gasteiger partial charge in [-0.25, -0.2) is 0 Å². The Morgan fingerprint density at radius 3 is 2.81 bits per heavy atom. The molecule has 4 rings (SSSR count). The number of ether oxygens (including phenoxy) is 1. The molecule has 1 aromatic heterocycles. The number of aromatic nitrogens is 3. The number of likely N-dealkylation sites (tertiary alicyclic amines) is 1. The summed E-state index contributed by atoms with van der Waals surface area (Å²) in [5.41, 5.74) is 1.32. The van der Waals surface area contributed by atoms with Crippen molar-refractivity contribution in [1.29, 1.82) is 0 Å². The van der Waals surface area contributed by atoms with Crippen molar-refractivity contribution in [2.75, 3.05) is 45.9 Å². The van der Waals surface area contributed by atoms with Crippen molar-refractivity contribution in [3.8, 4) is 0 Å². The number of rotatable bonds is 3. The van der Waals surface area contributed by atoms with E-state index in [1.165, 1.54) is 0 Å². The van der Waals surface area contributed by atoms with Crippen LogP contribution in [0, 0.1) is 0 Å². The van der Waals surface area contributed by atoms with E-state index in [2.05, 4.69) is 20.3 Å². The number of benzene rings is 1. The highest BCUT2D eigenvalue weighted by atomic mass is 16.5. The van der Waals surface area contributed by atoms with Gasteiger partial charge in [0, 0.05) is 38.3 Å². The smallest absolute Gasteiger partial charge is 0.253 e. The number of β-amino-alcohol motifs (C(OH)–C–C–N with tert-alkyl or cyclic N) is 1. The predicted octanol–water partition coefficient (Wildman–Crippen LogP) is 0.647. The molecule has 0 aliphatic carbocycles. The Labute approximate surface area is 152 Å². The summed E-state index contributed by atoms with van der Waals surface area (Å²) >= 11 is 0. The normalized spacial score (nSPS) is 25.3. The third kappa shape index (κ3) is 3.72. The standard InChI is InChI=1S/C18H25N5O3/c24-17(14-2-3-15-16(12-14)20-21-19-15)23-6-1-4-18(25,5-7-23)13-22-8-10-26-11-9-22/h2-3,12,25H,1,4-11,13H2,(H,19,20,21). The van der Waals surface area contributed by atoms with E-state index in [4.69, 9.17) is 4.74 Å². The van der Waals surface area contributed by atoms with Crippen LogP contribution in [0.1, 0.15) is 29.6 Å². The third-order valence-corrected chi connectivity index (χ3v) is 5.39. The molecule has 2 aromatic rings. The zero-order valence-corrected chi connectivity index (χ0v) is 14.9. The monoisotopic (exact) mass is 359 g/mol. The number of hydrogen-bond acceptors (Lipinski definition) is 6. The molecular weight excluding hydrogens is 334 g/mol. The second-order valence-electron chi connectivity index (χ2n) is 7.29. The minimum absolute atomic E-state index is 0.00878. The van der Waals surface area contributed by atoms with E-state index >= 15 is 0 Å². The lowest BCUT2D eigenvalue weighted by molar-refractivity contribution is -0.0389. The van der Waals surface area contributed by atoms with Gasteiger partial charge in [0.05, 0.1) is 18.8 Å². The van der Waals surface area contributed by atoms with Crippen molar-refractivity contribution in [1.82, 2.24) is 25.2 Å². The predicted molar refractivity (Wildman–Crippen MR) is 95.9 cm³/mol. The highest BCUT2D eigenvalue weighted by Gasteiger charge is 2.34. The third-order valence-electron chi connectivity index (χ3n) is 5.39. The fourth-order valence-corrected chi connectivity index (χ4v) is 3.87. The number of aliphatic hydroxyl groups is 1. The molecule has 1 amide bonds. The summed E-state index contributed by atoms with van der Waals surface area (Å²) in [6, 6.07) is 5.36. The molecule has 0 saturated carbocycles. The lowest BCUT2D eigenvalue weighted by Gasteiger charge is -2.35. The first kappa shape index (κ1) is 17.4. The molecule has 1 aromatic carbocycles. The van der Waals surface area contributed by atoms with Crippen molar-refractivity contribution in [3.05, 3.63) is 23.8 Å². The van der Waals surface area contributed by atoms with Crippen molar-refractivity contribution < 1.29 is 14.6 Å². The van der Waals surface area contributed by atoms with Gasteiger partial charge in [0.2, 0.25) is 0 Å². The van der Waals surface area contributed by atoms with Gasteiger partial charge in [-0.3, -0.25) is 9.69 Å². The lowest BCUT2D eigenvalue weighted by atomic mass is 9.94. The van der Waals surface area contributed by atoms with Crippen LogP contribution in [0.2, 0.25) is 0 Å². The lowest BCUT2D eigenvalue weighted by Crippen LogP contribution is -2.48. The zero-order valence-electron chi connectivity index (χ0n) is 14.9. The molecule has 0 radical (unpaired) electrons. The number of carbonyl (C=O) groups is 1. The Hall–Kier alpha value is -2.03.